The van der Waals surface area contributed by atoms with Crippen LogP contribution in [0.5, 0.6) is 0 Å². The number of aliphatic hydroxyl groups is 1. The van der Waals surface area contributed by atoms with Crippen LogP contribution in [0.3, 0.4) is 0 Å². The van der Waals surface area contributed by atoms with Crippen molar-refractivity contribution in [2.75, 3.05) is 0 Å². The van der Waals surface area contributed by atoms with Gasteiger partial charge in [0, 0.05) is 28.2 Å². The molecule has 1 aliphatic rings. The summed E-state index contributed by atoms with van der Waals surface area (Å²) in [5.74, 6) is -3.27. The quantitative estimate of drug-likeness (QED) is 0.418. The summed E-state index contributed by atoms with van der Waals surface area (Å²) >= 11 is 0. The molecule has 2 atom stereocenters. The summed E-state index contributed by atoms with van der Waals surface area (Å²) in [7, 11) is 0. The summed E-state index contributed by atoms with van der Waals surface area (Å²) in [5.41, 5.74) is 2.17. The molecule has 5 rings (SSSR count). The Labute approximate surface area is 182 Å². The second-order valence-electron chi connectivity index (χ2n) is 8.99. The van der Waals surface area contributed by atoms with Gasteiger partial charge in [-0.2, -0.15) is 5.10 Å². The minimum Gasteiger partial charge on any atom is -0.479 e. The number of carboxylic acid groups (broad SMARTS) is 1. The summed E-state index contributed by atoms with van der Waals surface area (Å²) in [5, 5.41) is 29.0. The first-order valence-corrected chi connectivity index (χ1v) is 10.6. The van der Waals surface area contributed by atoms with Gasteiger partial charge in [-0.25, -0.2) is 13.6 Å². The van der Waals surface area contributed by atoms with E-state index in [1.807, 2.05) is 30.5 Å². The highest BCUT2D eigenvalue weighted by molar-refractivity contribution is 5.99. The van der Waals surface area contributed by atoms with Crippen LogP contribution in [0.15, 0.2) is 36.5 Å². The number of halogens is 2. The Kier molecular flexibility index (Phi) is 4.60. The number of rotatable bonds is 4. The van der Waals surface area contributed by atoms with Gasteiger partial charge in [0.25, 0.3) is 0 Å². The number of carbonyl (C=O) groups is 1. The molecule has 3 N–H and O–H groups in total. The molecule has 0 bridgehead atoms. The molecule has 32 heavy (non-hydrogen) atoms. The summed E-state index contributed by atoms with van der Waals surface area (Å²) in [6.07, 6.45) is 2.47. The van der Waals surface area contributed by atoms with Gasteiger partial charge < -0.3 is 14.8 Å². The van der Waals surface area contributed by atoms with Gasteiger partial charge in [0.1, 0.15) is 0 Å². The van der Waals surface area contributed by atoms with Gasteiger partial charge in [-0.15, -0.1) is 0 Å². The van der Waals surface area contributed by atoms with Gasteiger partial charge in [0.2, 0.25) is 0 Å². The van der Waals surface area contributed by atoms with Gasteiger partial charge in [0.15, 0.2) is 17.2 Å². The molecule has 0 spiro atoms. The van der Waals surface area contributed by atoms with E-state index in [-0.39, 0.29) is 24.7 Å². The fourth-order valence-electron chi connectivity index (χ4n) is 5.13. The lowest BCUT2D eigenvalue weighted by Gasteiger charge is -2.20. The van der Waals surface area contributed by atoms with Gasteiger partial charge in [-0.3, -0.25) is 5.10 Å². The predicted molar refractivity (Wildman–Crippen MR) is 116 cm³/mol. The molecule has 1 fully saturated rings. The number of hydrogen-bond donors (Lipinski definition) is 3. The average Bonchev–Trinajstić information content (AvgIpc) is 3.43. The van der Waals surface area contributed by atoms with Crippen LogP contribution in [0.25, 0.3) is 27.5 Å². The molecular weight excluding hydrogens is 416 g/mol. The molecule has 2 heterocycles. The molecular formula is C24H23F2N3O3. The van der Waals surface area contributed by atoms with E-state index in [2.05, 4.69) is 10.2 Å². The van der Waals surface area contributed by atoms with Crippen LogP contribution < -0.4 is 0 Å². The van der Waals surface area contributed by atoms with E-state index in [9.17, 15) is 23.8 Å². The highest BCUT2D eigenvalue weighted by Crippen LogP contribution is 2.48. The standard InChI is InChI=1S/C24H23F2N3O3/c1-12(2)22-21(13-5-6-24(32,10-13)23(30)31)16-9-19-14(11-27-28-19)7-20(16)29(22)15-3-4-17(25)18(26)8-15/h3-4,7-9,11-13,32H,5-6,10H2,1-2H3,(H,27,28)(H,30,31)/t13-,24+/m1/s1. The average molecular weight is 439 g/mol. The number of aromatic nitrogens is 3. The number of H-pyrrole nitrogens is 1. The monoisotopic (exact) mass is 439 g/mol. The zero-order valence-corrected chi connectivity index (χ0v) is 17.7. The van der Waals surface area contributed by atoms with Crippen molar-refractivity contribution in [1.29, 1.82) is 0 Å². The molecule has 1 aliphatic carbocycles. The lowest BCUT2D eigenvalue weighted by molar-refractivity contribution is -0.157. The van der Waals surface area contributed by atoms with Crippen molar-refractivity contribution in [1.82, 2.24) is 14.8 Å². The number of carboxylic acids is 1. The third-order valence-corrected chi connectivity index (χ3v) is 6.61. The minimum absolute atomic E-state index is 0.000465. The van der Waals surface area contributed by atoms with Crippen LogP contribution in [-0.2, 0) is 4.79 Å². The highest BCUT2D eigenvalue weighted by atomic mass is 19.2. The molecule has 1 saturated carbocycles. The van der Waals surface area contributed by atoms with E-state index in [0.29, 0.717) is 12.1 Å². The first kappa shape index (κ1) is 20.6. The lowest BCUT2D eigenvalue weighted by Crippen LogP contribution is -2.35. The number of aromatic amines is 1. The Bertz CT molecular complexity index is 1370. The number of nitrogens with zero attached hydrogens (tertiary/aromatic N) is 2. The zero-order chi connectivity index (χ0) is 22.8. The topological polar surface area (TPSA) is 91.1 Å². The van der Waals surface area contributed by atoms with Crippen molar-refractivity contribution in [2.45, 2.75) is 50.5 Å². The molecule has 2 aromatic heterocycles. The number of aliphatic carboxylic acids is 1. The Morgan fingerprint density at radius 3 is 2.69 bits per heavy atom. The van der Waals surface area contributed by atoms with Crippen molar-refractivity contribution >= 4 is 27.8 Å². The predicted octanol–water partition coefficient (Wildman–Crippen LogP) is 4.99. The second-order valence-corrected chi connectivity index (χ2v) is 8.99. The van der Waals surface area contributed by atoms with Crippen LogP contribution in [0.4, 0.5) is 8.78 Å². The molecule has 0 radical (unpaired) electrons. The lowest BCUT2D eigenvalue weighted by atomic mass is 9.89. The first-order valence-electron chi connectivity index (χ1n) is 10.6. The van der Waals surface area contributed by atoms with Crippen LogP contribution in [0.1, 0.15) is 56.2 Å². The summed E-state index contributed by atoms with van der Waals surface area (Å²) in [6, 6.07) is 7.73. The largest absolute Gasteiger partial charge is 0.479 e. The van der Waals surface area contributed by atoms with Crippen LogP contribution >= 0.6 is 0 Å². The van der Waals surface area contributed by atoms with E-state index < -0.39 is 23.2 Å². The summed E-state index contributed by atoms with van der Waals surface area (Å²) in [6.45, 7) is 4.03. The van der Waals surface area contributed by atoms with E-state index in [4.69, 9.17) is 0 Å². The third-order valence-electron chi connectivity index (χ3n) is 6.61. The van der Waals surface area contributed by atoms with E-state index in [1.54, 1.807) is 6.20 Å². The third kappa shape index (κ3) is 3.01. The Balaban J connectivity index is 1.84. The SMILES string of the molecule is CC(C)c1c([C@@H]2CC[C@@](O)(C(=O)O)C2)c2cc3[nH]ncc3cc2n1-c1ccc(F)c(F)c1. The molecule has 0 amide bonds. The molecule has 0 saturated heterocycles. The number of benzene rings is 2. The van der Waals surface area contributed by atoms with Gasteiger partial charge in [0.05, 0.1) is 17.2 Å². The molecule has 4 aromatic rings. The van der Waals surface area contributed by atoms with E-state index in [0.717, 1.165) is 39.1 Å². The molecule has 166 valence electrons. The molecule has 8 heteroatoms. The smallest absolute Gasteiger partial charge is 0.335 e. The Morgan fingerprint density at radius 2 is 2.03 bits per heavy atom. The normalized spacial score (nSPS) is 21.2. The second kappa shape index (κ2) is 7.13. The van der Waals surface area contributed by atoms with E-state index in [1.165, 1.54) is 12.1 Å². The highest BCUT2D eigenvalue weighted by Gasteiger charge is 2.45. The van der Waals surface area contributed by atoms with Crippen molar-refractivity contribution in [3.8, 4) is 5.69 Å². The van der Waals surface area contributed by atoms with E-state index >= 15 is 0 Å². The van der Waals surface area contributed by atoms with Crippen LogP contribution in [-0.4, -0.2) is 36.5 Å². The maximum atomic E-state index is 14.2. The zero-order valence-electron chi connectivity index (χ0n) is 17.7. The fraction of sp³-hybridized carbons (Fsp3) is 0.333. The summed E-state index contributed by atoms with van der Waals surface area (Å²) < 4.78 is 29.8. The maximum absolute atomic E-state index is 14.2. The van der Waals surface area contributed by atoms with Crippen molar-refractivity contribution in [3.05, 3.63) is 59.4 Å². The maximum Gasteiger partial charge on any atom is 0.335 e. The van der Waals surface area contributed by atoms with Gasteiger partial charge in [-0.05, 0) is 60.9 Å². The molecule has 6 nitrogen and oxygen atoms in total. The van der Waals surface area contributed by atoms with Crippen LogP contribution in [0.2, 0.25) is 0 Å². The fourth-order valence-corrected chi connectivity index (χ4v) is 5.13. The number of hydrogen-bond acceptors (Lipinski definition) is 3. The van der Waals surface area contributed by atoms with Gasteiger partial charge >= 0.3 is 5.97 Å². The molecule has 2 aromatic carbocycles. The number of nitrogens with one attached hydrogen (secondary N) is 1. The minimum atomic E-state index is -1.77. The Morgan fingerprint density at radius 1 is 1.25 bits per heavy atom. The molecule has 0 aliphatic heterocycles. The first-order chi connectivity index (χ1) is 15.2. The Hall–Kier alpha value is -3.26. The van der Waals surface area contributed by atoms with Crippen molar-refractivity contribution in [2.24, 2.45) is 0 Å². The summed E-state index contributed by atoms with van der Waals surface area (Å²) in [4.78, 5) is 11.7. The van der Waals surface area contributed by atoms with Crippen molar-refractivity contribution in [3.63, 3.8) is 0 Å². The van der Waals surface area contributed by atoms with Gasteiger partial charge in [-0.1, -0.05) is 13.8 Å². The number of fused-ring (bicyclic) bond motifs is 2. The van der Waals surface area contributed by atoms with Crippen LogP contribution in [0, 0.1) is 11.6 Å². The van der Waals surface area contributed by atoms with Crippen molar-refractivity contribution < 1.29 is 23.8 Å². The molecule has 0 unspecified atom stereocenters.